The van der Waals surface area contributed by atoms with Crippen molar-refractivity contribution in [3.05, 3.63) is 0 Å². The van der Waals surface area contributed by atoms with E-state index in [1.165, 1.54) is 0 Å². The molecule has 3 heteroatoms. The Morgan fingerprint density at radius 2 is 2.27 bits per heavy atom. The number of hydrogen-bond donors (Lipinski definition) is 0. The van der Waals surface area contributed by atoms with Crippen LogP contribution in [0, 0.1) is 0 Å². The summed E-state index contributed by atoms with van der Waals surface area (Å²) in [5.74, 6) is 0.243. The molecule has 0 amide bonds. The van der Waals surface area contributed by atoms with Crippen LogP contribution in [0.4, 0.5) is 0 Å². The Bertz CT molecular complexity index is 158. The third-order valence-corrected chi connectivity index (χ3v) is 2.31. The smallest absolute Gasteiger partial charge is 0.146 e. The van der Waals surface area contributed by atoms with Gasteiger partial charge in [-0.3, -0.25) is 9.69 Å². The van der Waals surface area contributed by atoms with Crippen molar-refractivity contribution in [1.29, 1.82) is 0 Å². The average molecular weight is 157 g/mol. The van der Waals surface area contributed by atoms with Crippen molar-refractivity contribution in [3.8, 4) is 0 Å². The highest BCUT2D eigenvalue weighted by Crippen LogP contribution is 2.18. The lowest BCUT2D eigenvalue weighted by atomic mass is 10.1. The zero-order valence-electron chi connectivity index (χ0n) is 7.33. The minimum atomic E-state index is 0.0833. The Hall–Kier alpha value is -0.410. The Kier molecular flexibility index (Phi) is 2.62. The molecule has 0 radical (unpaired) electrons. The van der Waals surface area contributed by atoms with E-state index in [4.69, 9.17) is 4.74 Å². The van der Waals surface area contributed by atoms with E-state index in [9.17, 15) is 4.79 Å². The maximum absolute atomic E-state index is 11.0. The SMILES string of the molecule is COC1CC(C(C)=O)N(C)C1. The molecule has 1 heterocycles. The number of likely N-dealkylation sites (tertiary alicyclic amines) is 1. The molecule has 0 aliphatic carbocycles. The van der Waals surface area contributed by atoms with Crippen LogP contribution in [0.2, 0.25) is 0 Å². The van der Waals surface area contributed by atoms with Crippen molar-refractivity contribution in [2.45, 2.75) is 25.5 Å². The first-order chi connectivity index (χ1) is 5.15. The standard InChI is InChI=1S/C8H15NO2/c1-6(10)8-4-7(11-3)5-9(8)2/h7-8H,4-5H2,1-3H3. The van der Waals surface area contributed by atoms with E-state index in [-0.39, 0.29) is 17.9 Å². The van der Waals surface area contributed by atoms with Crippen molar-refractivity contribution in [2.75, 3.05) is 20.7 Å². The second-order valence-electron chi connectivity index (χ2n) is 3.16. The molecule has 1 aliphatic heterocycles. The van der Waals surface area contributed by atoms with Gasteiger partial charge in [-0.25, -0.2) is 0 Å². The fraction of sp³-hybridized carbons (Fsp3) is 0.875. The van der Waals surface area contributed by atoms with E-state index in [1.54, 1.807) is 14.0 Å². The van der Waals surface area contributed by atoms with Crippen LogP contribution in [0.3, 0.4) is 0 Å². The number of likely N-dealkylation sites (N-methyl/N-ethyl adjacent to an activating group) is 1. The van der Waals surface area contributed by atoms with Gasteiger partial charge >= 0.3 is 0 Å². The first kappa shape index (κ1) is 8.68. The average Bonchev–Trinajstić information content (AvgIpc) is 2.30. The largest absolute Gasteiger partial charge is 0.380 e. The third-order valence-electron chi connectivity index (χ3n) is 2.31. The van der Waals surface area contributed by atoms with Gasteiger partial charge in [0.1, 0.15) is 5.78 Å². The molecule has 0 aromatic heterocycles. The summed E-state index contributed by atoms with van der Waals surface area (Å²) in [4.78, 5) is 13.1. The Morgan fingerprint density at radius 1 is 1.64 bits per heavy atom. The zero-order chi connectivity index (χ0) is 8.43. The number of nitrogens with zero attached hydrogens (tertiary/aromatic N) is 1. The summed E-state index contributed by atoms with van der Waals surface area (Å²) >= 11 is 0. The molecule has 1 saturated heterocycles. The highest BCUT2D eigenvalue weighted by atomic mass is 16.5. The van der Waals surface area contributed by atoms with Gasteiger partial charge in [0.2, 0.25) is 0 Å². The molecule has 0 saturated carbocycles. The van der Waals surface area contributed by atoms with Crippen molar-refractivity contribution in [3.63, 3.8) is 0 Å². The van der Waals surface area contributed by atoms with Crippen LogP contribution in [0.25, 0.3) is 0 Å². The van der Waals surface area contributed by atoms with Crippen LogP contribution in [-0.4, -0.2) is 43.5 Å². The van der Waals surface area contributed by atoms with Gasteiger partial charge in [0.15, 0.2) is 0 Å². The molecule has 0 aromatic rings. The van der Waals surface area contributed by atoms with Gasteiger partial charge in [-0.15, -0.1) is 0 Å². The molecule has 1 fully saturated rings. The van der Waals surface area contributed by atoms with Gasteiger partial charge < -0.3 is 4.74 Å². The van der Waals surface area contributed by atoms with Crippen molar-refractivity contribution in [1.82, 2.24) is 4.90 Å². The molecule has 2 unspecified atom stereocenters. The van der Waals surface area contributed by atoms with Crippen LogP contribution in [-0.2, 0) is 9.53 Å². The van der Waals surface area contributed by atoms with Gasteiger partial charge in [0.05, 0.1) is 12.1 Å². The molecule has 11 heavy (non-hydrogen) atoms. The quantitative estimate of drug-likeness (QED) is 0.577. The molecule has 0 N–H and O–H groups in total. The van der Waals surface area contributed by atoms with E-state index in [0.29, 0.717) is 0 Å². The number of methoxy groups -OCH3 is 1. The summed E-state index contributed by atoms with van der Waals surface area (Å²) in [6.45, 7) is 2.51. The van der Waals surface area contributed by atoms with E-state index in [2.05, 4.69) is 4.90 Å². The molecule has 2 atom stereocenters. The second kappa shape index (κ2) is 3.32. The van der Waals surface area contributed by atoms with Gasteiger partial charge in [0.25, 0.3) is 0 Å². The fourth-order valence-corrected chi connectivity index (χ4v) is 1.60. The van der Waals surface area contributed by atoms with E-state index in [1.807, 2.05) is 7.05 Å². The third kappa shape index (κ3) is 1.79. The summed E-state index contributed by atoms with van der Waals surface area (Å²) in [6.07, 6.45) is 1.09. The number of carbonyl (C=O) groups is 1. The lowest BCUT2D eigenvalue weighted by molar-refractivity contribution is -0.120. The van der Waals surface area contributed by atoms with Crippen LogP contribution in [0.1, 0.15) is 13.3 Å². The highest BCUT2D eigenvalue weighted by molar-refractivity contribution is 5.81. The molecule has 1 rings (SSSR count). The van der Waals surface area contributed by atoms with E-state index in [0.717, 1.165) is 13.0 Å². The number of ether oxygens (including phenoxy) is 1. The number of rotatable bonds is 2. The van der Waals surface area contributed by atoms with Crippen molar-refractivity contribution < 1.29 is 9.53 Å². The monoisotopic (exact) mass is 157 g/mol. The topological polar surface area (TPSA) is 29.5 Å². The zero-order valence-corrected chi connectivity index (χ0v) is 7.33. The summed E-state index contributed by atoms with van der Waals surface area (Å²) in [5, 5.41) is 0. The number of carbonyl (C=O) groups excluding carboxylic acids is 1. The molecule has 1 aliphatic rings. The molecular formula is C8H15NO2. The molecule has 0 spiro atoms. The number of ketones is 1. The van der Waals surface area contributed by atoms with Gasteiger partial charge in [-0.1, -0.05) is 0 Å². The summed E-state index contributed by atoms with van der Waals surface area (Å²) in [5.41, 5.74) is 0. The highest BCUT2D eigenvalue weighted by Gasteiger charge is 2.31. The minimum absolute atomic E-state index is 0.0833. The van der Waals surface area contributed by atoms with Crippen molar-refractivity contribution in [2.24, 2.45) is 0 Å². The molecule has 0 bridgehead atoms. The van der Waals surface area contributed by atoms with Crippen LogP contribution in [0.15, 0.2) is 0 Å². The molecule has 3 nitrogen and oxygen atoms in total. The van der Waals surface area contributed by atoms with Gasteiger partial charge in [-0.2, -0.15) is 0 Å². The van der Waals surface area contributed by atoms with E-state index < -0.39 is 0 Å². The predicted octanol–water partition coefficient (Wildman–Crippen LogP) is 0.294. The lowest BCUT2D eigenvalue weighted by Crippen LogP contribution is -2.30. The van der Waals surface area contributed by atoms with Crippen LogP contribution < -0.4 is 0 Å². The molecule has 64 valence electrons. The molecule has 0 aromatic carbocycles. The number of hydrogen-bond acceptors (Lipinski definition) is 3. The first-order valence-corrected chi connectivity index (χ1v) is 3.88. The van der Waals surface area contributed by atoms with Crippen LogP contribution in [0.5, 0.6) is 0 Å². The normalized spacial score (nSPS) is 32.6. The first-order valence-electron chi connectivity index (χ1n) is 3.88. The fourth-order valence-electron chi connectivity index (χ4n) is 1.60. The second-order valence-corrected chi connectivity index (χ2v) is 3.16. The van der Waals surface area contributed by atoms with Gasteiger partial charge in [0, 0.05) is 13.7 Å². The number of Topliss-reactive ketones (excluding diaryl/α,β-unsaturated/α-hetero) is 1. The minimum Gasteiger partial charge on any atom is -0.380 e. The predicted molar refractivity (Wildman–Crippen MR) is 42.5 cm³/mol. The molecular weight excluding hydrogens is 142 g/mol. The van der Waals surface area contributed by atoms with E-state index >= 15 is 0 Å². The maximum atomic E-state index is 11.0. The van der Waals surface area contributed by atoms with Crippen LogP contribution >= 0.6 is 0 Å². The Balaban J connectivity index is 2.51. The maximum Gasteiger partial charge on any atom is 0.146 e. The Labute approximate surface area is 67.3 Å². The summed E-state index contributed by atoms with van der Waals surface area (Å²) < 4.78 is 5.17. The summed E-state index contributed by atoms with van der Waals surface area (Å²) in [7, 11) is 3.66. The Morgan fingerprint density at radius 3 is 2.55 bits per heavy atom. The van der Waals surface area contributed by atoms with Gasteiger partial charge in [-0.05, 0) is 20.4 Å². The lowest BCUT2D eigenvalue weighted by Gasteiger charge is -2.14. The van der Waals surface area contributed by atoms with Crippen molar-refractivity contribution >= 4 is 5.78 Å². The summed E-state index contributed by atoms with van der Waals surface area (Å²) in [6, 6.07) is 0.0833.